The molecule has 0 atom stereocenters. The summed E-state index contributed by atoms with van der Waals surface area (Å²) in [5, 5.41) is 3.34. The van der Waals surface area contributed by atoms with E-state index < -0.39 is 0 Å². The van der Waals surface area contributed by atoms with E-state index in [-0.39, 0.29) is 0 Å². The first-order valence-electron chi connectivity index (χ1n) is 6.22. The minimum atomic E-state index is 1.08. The fraction of sp³-hybridized carbons (Fsp3) is 0.846. The van der Waals surface area contributed by atoms with E-state index in [2.05, 4.69) is 25.7 Å². The van der Waals surface area contributed by atoms with E-state index in [1.165, 1.54) is 50.6 Å². The van der Waals surface area contributed by atoms with Crippen LogP contribution in [0.1, 0.15) is 65.2 Å². The summed E-state index contributed by atoms with van der Waals surface area (Å²) in [7, 11) is 0. The third-order valence-corrected chi connectivity index (χ3v) is 2.46. The maximum atomic E-state index is 4.02. The van der Waals surface area contributed by atoms with Crippen LogP contribution >= 0.6 is 0 Å². The number of hydrogen-bond acceptors (Lipinski definition) is 1. The number of unbranched alkanes of at least 4 members (excludes halogenated alkanes) is 5. The van der Waals surface area contributed by atoms with Crippen molar-refractivity contribution in [3.8, 4) is 0 Å². The van der Waals surface area contributed by atoms with Gasteiger partial charge < -0.3 is 5.32 Å². The van der Waals surface area contributed by atoms with Gasteiger partial charge in [0.25, 0.3) is 0 Å². The lowest BCUT2D eigenvalue weighted by Gasteiger charge is -2.07. The zero-order valence-corrected chi connectivity index (χ0v) is 10.1. The van der Waals surface area contributed by atoms with Gasteiger partial charge in [0.2, 0.25) is 0 Å². The molecule has 0 aromatic carbocycles. The van der Waals surface area contributed by atoms with E-state index in [0.29, 0.717) is 0 Å². The standard InChI is InChI=1S/C13H27N/c1-4-6-7-8-9-10-11-13(3)14-12-5-2/h14H,3-12H2,1-2H3. The van der Waals surface area contributed by atoms with Gasteiger partial charge in [-0.25, -0.2) is 0 Å². The molecule has 0 amide bonds. The Bertz CT molecular complexity index is 129. The van der Waals surface area contributed by atoms with E-state index in [1.54, 1.807) is 0 Å². The second-order valence-corrected chi connectivity index (χ2v) is 4.05. The summed E-state index contributed by atoms with van der Waals surface area (Å²) in [6, 6.07) is 0. The molecule has 1 nitrogen and oxygen atoms in total. The van der Waals surface area contributed by atoms with Crippen LogP contribution < -0.4 is 5.32 Å². The van der Waals surface area contributed by atoms with Gasteiger partial charge in [-0.1, -0.05) is 52.5 Å². The van der Waals surface area contributed by atoms with E-state index >= 15 is 0 Å². The monoisotopic (exact) mass is 197 g/mol. The lowest BCUT2D eigenvalue weighted by Crippen LogP contribution is -2.12. The molecule has 0 saturated heterocycles. The molecule has 0 aliphatic heterocycles. The molecule has 0 saturated carbocycles. The van der Waals surface area contributed by atoms with Gasteiger partial charge in [0, 0.05) is 12.2 Å². The topological polar surface area (TPSA) is 12.0 Å². The molecule has 0 fully saturated rings. The van der Waals surface area contributed by atoms with Crippen LogP contribution in [0.5, 0.6) is 0 Å². The number of allylic oxidation sites excluding steroid dienone is 1. The SMILES string of the molecule is C=C(CCCCCCCC)NCCC. The highest BCUT2D eigenvalue weighted by Crippen LogP contribution is 2.09. The Morgan fingerprint density at radius 3 is 2.21 bits per heavy atom. The van der Waals surface area contributed by atoms with Crippen LogP contribution in [0.3, 0.4) is 0 Å². The lowest BCUT2D eigenvalue weighted by atomic mass is 10.1. The van der Waals surface area contributed by atoms with Gasteiger partial charge in [-0.2, -0.15) is 0 Å². The van der Waals surface area contributed by atoms with Crippen LogP contribution in [-0.4, -0.2) is 6.54 Å². The number of rotatable bonds is 10. The van der Waals surface area contributed by atoms with Crippen LogP contribution in [0.2, 0.25) is 0 Å². The molecular formula is C13H27N. The van der Waals surface area contributed by atoms with Gasteiger partial charge in [-0.3, -0.25) is 0 Å². The van der Waals surface area contributed by atoms with E-state index in [1.807, 2.05) is 0 Å². The first-order valence-corrected chi connectivity index (χ1v) is 6.22. The summed E-state index contributed by atoms with van der Waals surface area (Å²) in [4.78, 5) is 0. The third kappa shape index (κ3) is 9.63. The Morgan fingerprint density at radius 2 is 1.57 bits per heavy atom. The van der Waals surface area contributed by atoms with Crippen molar-refractivity contribution in [2.24, 2.45) is 0 Å². The highest BCUT2D eigenvalue weighted by molar-refractivity contribution is 4.90. The molecule has 0 heterocycles. The molecule has 0 rings (SSSR count). The van der Waals surface area contributed by atoms with Crippen molar-refractivity contribution < 1.29 is 0 Å². The van der Waals surface area contributed by atoms with Crippen molar-refractivity contribution in [3.63, 3.8) is 0 Å². The number of nitrogens with one attached hydrogen (secondary N) is 1. The van der Waals surface area contributed by atoms with Gasteiger partial charge in [-0.15, -0.1) is 0 Å². The molecule has 0 radical (unpaired) electrons. The van der Waals surface area contributed by atoms with E-state index in [0.717, 1.165) is 13.0 Å². The molecule has 0 aliphatic carbocycles. The van der Waals surface area contributed by atoms with Crippen LogP contribution in [0.15, 0.2) is 12.3 Å². The van der Waals surface area contributed by atoms with Crippen molar-refractivity contribution in [2.75, 3.05) is 6.54 Å². The maximum Gasteiger partial charge on any atom is 0.0141 e. The maximum absolute atomic E-state index is 4.02. The Kier molecular flexibility index (Phi) is 10.3. The molecule has 0 aromatic heterocycles. The molecule has 1 N–H and O–H groups in total. The molecule has 0 spiro atoms. The predicted molar refractivity (Wildman–Crippen MR) is 65.4 cm³/mol. The molecular weight excluding hydrogens is 170 g/mol. The van der Waals surface area contributed by atoms with Crippen molar-refractivity contribution in [1.82, 2.24) is 5.32 Å². The molecule has 84 valence electrons. The molecule has 0 unspecified atom stereocenters. The smallest absolute Gasteiger partial charge is 0.0141 e. The number of hydrogen-bond donors (Lipinski definition) is 1. The van der Waals surface area contributed by atoms with Gasteiger partial charge in [0.05, 0.1) is 0 Å². The first-order chi connectivity index (χ1) is 6.81. The highest BCUT2D eigenvalue weighted by atomic mass is 14.9. The van der Waals surface area contributed by atoms with Crippen LogP contribution in [0.4, 0.5) is 0 Å². The molecule has 0 aliphatic rings. The Morgan fingerprint density at radius 1 is 0.929 bits per heavy atom. The summed E-state index contributed by atoms with van der Waals surface area (Å²) < 4.78 is 0. The zero-order chi connectivity index (χ0) is 10.6. The second kappa shape index (κ2) is 10.6. The van der Waals surface area contributed by atoms with Gasteiger partial charge in [0.15, 0.2) is 0 Å². The minimum absolute atomic E-state index is 1.08. The largest absolute Gasteiger partial charge is 0.389 e. The normalized spacial score (nSPS) is 10.1. The summed E-state index contributed by atoms with van der Waals surface area (Å²) >= 11 is 0. The predicted octanol–water partition coefficient (Wildman–Crippen LogP) is 4.25. The lowest BCUT2D eigenvalue weighted by molar-refractivity contribution is 0.595. The summed E-state index contributed by atoms with van der Waals surface area (Å²) in [6.45, 7) is 9.54. The third-order valence-electron chi connectivity index (χ3n) is 2.46. The Balaban J connectivity index is 3.07. The van der Waals surface area contributed by atoms with Gasteiger partial charge in [-0.05, 0) is 19.3 Å². The summed E-state index contributed by atoms with van der Waals surface area (Å²) in [5.41, 5.74) is 1.22. The van der Waals surface area contributed by atoms with Crippen LogP contribution in [-0.2, 0) is 0 Å². The summed E-state index contributed by atoms with van der Waals surface area (Å²) in [5.74, 6) is 0. The highest BCUT2D eigenvalue weighted by Gasteiger charge is 1.93. The van der Waals surface area contributed by atoms with Crippen molar-refractivity contribution in [1.29, 1.82) is 0 Å². The average molecular weight is 197 g/mol. The van der Waals surface area contributed by atoms with Crippen molar-refractivity contribution >= 4 is 0 Å². The minimum Gasteiger partial charge on any atom is -0.389 e. The van der Waals surface area contributed by atoms with Crippen LogP contribution in [0.25, 0.3) is 0 Å². The fourth-order valence-electron chi connectivity index (χ4n) is 1.51. The molecule has 0 bridgehead atoms. The molecule has 1 heteroatoms. The quantitative estimate of drug-likeness (QED) is 0.516. The fourth-order valence-corrected chi connectivity index (χ4v) is 1.51. The van der Waals surface area contributed by atoms with Crippen molar-refractivity contribution in [2.45, 2.75) is 65.2 Å². The van der Waals surface area contributed by atoms with Gasteiger partial charge >= 0.3 is 0 Å². The van der Waals surface area contributed by atoms with Gasteiger partial charge in [0.1, 0.15) is 0 Å². The Labute approximate surface area is 90.0 Å². The second-order valence-electron chi connectivity index (χ2n) is 4.05. The van der Waals surface area contributed by atoms with Crippen LogP contribution in [0, 0.1) is 0 Å². The zero-order valence-electron chi connectivity index (χ0n) is 10.1. The van der Waals surface area contributed by atoms with E-state index in [9.17, 15) is 0 Å². The summed E-state index contributed by atoms with van der Waals surface area (Å²) in [6.07, 6.45) is 10.6. The van der Waals surface area contributed by atoms with E-state index in [4.69, 9.17) is 0 Å². The van der Waals surface area contributed by atoms with Crippen molar-refractivity contribution in [3.05, 3.63) is 12.3 Å². The average Bonchev–Trinajstić information content (AvgIpc) is 2.20. The molecule has 0 aromatic rings. The molecule has 14 heavy (non-hydrogen) atoms. The first kappa shape index (κ1) is 13.5. The Hall–Kier alpha value is -0.460.